The minimum atomic E-state index is -0.135. The highest BCUT2D eigenvalue weighted by molar-refractivity contribution is 5.93. The van der Waals surface area contributed by atoms with Crippen molar-refractivity contribution in [3.05, 3.63) is 60.1 Å². The molecule has 2 amide bonds. The molecule has 6 heteroatoms. The van der Waals surface area contributed by atoms with Gasteiger partial charge in [-0.2, -0.15) is 0 Å². The summed E-state index contributed by atoms with van der Waals surface area (Å²) in [5.41, 5.74) is 0.880. The van der Waals surface area contributed by atoms with Gasteiger partial charge in [-0.3, -0.25) is 9.59 Å². The fourth-order valence-electron chi connectivity index (χ4n) is 2.91. The Labute approximate surface area is 159 Å². The molecular weight excluding hydrogens is 344 g/mol. The standard InChI is InChI=1S/C21H24N2O4/c1-2-15-26-18-7-4-3-6-17(18)9-10-20(24)22-11-13-23(14-12-22)21(25)19-8-5-16-27-19/h3-10,16H,2,11-15H2,1H3/b10-9+. The van der Waals surface area contributed by atoms with Crippen molar-refractivity contribution in [1.82, 2.24) is 9.80 Å². The summed E-state index contributed by atoms with van der Waals surface area (Å²) in [4.78, 5) is 28.2. The smallest absolute Gasteiger partial charge is 0.289 e. The van der Waals surface area contributed by atoms with E-state index in [4.69, 9.17) is 9.15 Å². The molecule has 0 bridgehead atoms. The summed E-state index contributed by atoms with van der Waals surface area (Å²) in [6.07, 6.45) is 5.77. The molecular formula is C21H24N2O4. The van der Waals surface area contributed by atoms with Crippen molar-refractivity contribution in [1.29, 1.82) is 0 Å². The van der Waals surface area contributed by atoms with Gasteiger partial charge in [0.1, 0.15) is 5.75 Å². The Bertz CT molecular complexity index is 790. The third-order valence-corrected chi connectivity index (χ3v) is 4.40. The predicted molar refractivity (Wildman–Crippen MR) is 102 cm³/mol. The molecule has 0 radical (unpaired) electrons. The number of ether oxygens (including phenoxy) is 1. The molecule has 0 aliphatic carbocycles. The van der Waals surface area contributed by atoms with Crippen LogP contribution < -0.4 is 4.74 Å². The number of piperazine rings is 1. The van der Waals surface area contributed by atoms with Crippen molar-refractivity contribution >= 4 is 17.9 Å². The van der Waals surface area contributed by atoms with Gasteiger partial charge < -0.3 is 19.0 Å². The molecule has 1 aliphatic rings. The number of carbonyl (C=O) groups excluding carboxylic acids is 2. The fourth-order valence-corrected chi connectivity index (χ4v) is 2.91. The molecule has 142 valence electrons. The van der Waals surface area contributed by atoms with Crippen LogP contribution in [0.5, 0.6) is 5.75 Å². The fraction of sp³-hybridized carbons (Fsp3) is 0.333. The number of amides is 2. The normalized spacial score (nSPS) is 14.6. The highest BCUT2D eigenvalue weighted by Gasteiger charge is 2.25. The van der Waals surface area contributed by atoms with Crippen LogP contribution in [0.2, 0.25) is 0 Å². The molecule has 0 atom stereocenters. The molecule has 0 spiro atoms. The summed E-state index contributed by atoms with van der Waals surface area (Å²) in [7, 11) is 0. The molecule has 1 aromatic heterocycles. The highest BCUT2D eigenvalue weighted by Crippen LogP contribution is 2.20. The second-order valence-corrected chi connectivity index (χ2v) is 6.31. The van der Waals surface area contributed by atoms with Crippen LogP contribution in [0, 0.1) is 0 Å². The number of rotatable bonds is 6. The zero-order valence-corrected chi connectivity index (χ0v) is 15.5. The lowest BCUT2D eigenvalue weighted by molar-refractivity contribution is -0.127. The quantitative estimate of drug-likeness (QED) is 0.735. The van der Waals surface area contributed by atoms with Crippen LogP contribution in [-0.2, 0) is 4.79 Å². The zero-order valence-electron chi connectivity index (χ0n) is 15.5. The van der Waals surface area contributed by atoms with Crippen LogP contribution in [0.1, 0.15) is 29.5 Å². The maximum Gasteiger partial charge on any atom is 0.289 e. The van der Waals surface area contributed by atoms with Gasteiger partial charge >= 0.3 is 0 Å². The second kappa shape index (κ2) is 9.07. The van der Waals surface area contributed by atoms with Gasteiger partial charge in [0.05, 0.1) is 12.9 Å². The molecule has 0 saturated carbocycles. The average molecular weight is 368 g/mol. The number of hydrogen-bond acceptors (Lipinski definition) is 4. The van der Waals surface area contributed by atoms with Crippen LogP contribution >= 0.6 is 0 Å². The molecule has 6 nitrogen and oxygen atoms in total. The van der Waals surface area contributed by atoms with E-state index in [0.717, 1.165) is 17.7 Å². The van der Waals surface area contributed by atoms with Gasteiger partial charge in [-0.1, -0.05) is 25.1 Å². The third-order valence-electron chi connectivity index (χ3n) is 4.40. The molecule has 27 heavy (non-hydrogen) atoms. The van der Waals surface area contributed by atoms with Crippen molar-refractivity contribution in [2.75, 3.05) is 32.8 Å². The maximum atomic E-state index is 12.5. The lowest BCUT2D eigenvalue weighted by Gasteiger charge is -2.33. The predicted octanol–water partition coefficient (Wildman–Crippen LogP) is 3.07. The summed E-state index contributed by atoms with van der Waals surface area (Å²) in [6.45, 7) is 4.69. The monoisotopic (exact) mass is 368 g/mol. The highest BCUT2D eigenvalue weighted by atomic mass is 16.5. The Morgan fingerprint density at radius 1 is 1.07 bits per heavy atom. The lowest BCUT2D eigenvalue weighted by atomic mass is 10.2. The van der Waals surface area contributed by atoms with Crippen molar-refractivity contribution < 1.29 is 18.7 Å². The first-order chi connectivity index (χ1) is 13.2. The number of para-hydroxylation sites is 1. The number of hydrogen-bond donors (Lipinski definition) is 0. The van der Waals surface area contributed by atoms with Gasteiger partial charge in [0.25, 0.3) is 5.91 Å². The SMILES string of the molecule is CCCOc1ccccc1/C=C/C(=O)N1CCN(C(=O)c2ccco2)CC1. The van der Waals surface area contributed by atoms with Crippen LogP contribution in [0.15, 0.2) is 53.2 Å². The van der Waals surface area contributed by atoms with Crippen LogP contribution in [0.25, 0.3) is 6.08 Å². The van der Waals surface area contributed by atoms with E-state index in [-0.39, 0.29) is 11.8 Å². The number of furan rings is 1. The van der Waals surface area contributed by atoms with Gasteiger partial charge in [-0.15, -0.1) is 0 Å². The van der Waals surface area contributed by atoms with E-state index in [1.807, 2.05) is 24.3 Å². The van der Waals surface area contributed by atoms with Gasteiger partial charge in [0, 0.05) is 37.8 Å². The summed E-state index contributed by atoms with van der Waals surface area (Å²) in [6, 6.07) is 11.0. The molecule has 1 aliphatic heterocycles. The van der Waals surface area contributed by atoms with Crippen molar-refractivity contribution in [2.24, 2.45) is 0 Å². The van der Waals surface area contributed by atoms with Crippen molar-refractivity contribution in [3.8, 4) is 5.75 Å². The third kappa shape index (κ3) is 4.78. The Balaban J connectivity index is 1.55. The zero-order chi connectivity index (χ0) is 19.1. The van der Waals surface area contributed by atoms with Gasteiger partial charge in [0.2, 0.25) is 5.91 Å². The molecule has 0 unspecified atom stereocenters. The number of benzene rings is 1. The minimum absolute atomic E-state index is 0.0645. The molecule has 2 aromatic rings. The summed E-state index contributed by atoms with van der Waals surface area (Å²) >= 11 is 0. The van der Waals surface area contributed by atoms with E-state index in [0.29, 0.717) is 38.5 Å². The first-order valence-corrected chi connectivity index (χ1v) is 9.20. The summed E-state index contributed by atoms with van der Waals surface area (Å²) < 4.78 is 10.9. The van der Waals surface area contributed by atoms with E-state index in [1.54, 1.807) is 34.1 Å². The lowest BCUT2D eigenvalue weighted by Crippen LogP contribution is -2.50. The molecule has 1 aromatic carbocycles. The first kappa shape index (κ1) is 18.8. The van der Waals surface area contributed by atoms with E-state index in [9.17, 15) is 9.59 Å². The Morgan fingerprint density at radius 2 is 1.81 bits per heavy atom. The van der Waals surface area contributed by atoms with Crippen LogP contribution in [0.3, 0.4) is 0 Å². The molecule has 1 saturated heterocycles. The van der Waals surface area contributed by atoms with E-state index < -0.39 is 0 Å². The Morgan fingerprint density at radius 3 is 2.52 bits per heavy atom. The maximum absolute atomic E-state index is 12.5. The summed E-state index contributed by atoms with van der Waals surface area (Å²) in [5.74, 6) is 0.908. The minimum Gasteiger partial charge on any atom is -0.493 e. The molecule has 0 N–H and O–H groups in total. The van der Waals surface area contributed by atoms with Gasteiger partial charge in [-0.05, 0) is 30.7 Å². The molecule has 1 fully saturated rings. The van der Waals surface area contributed by atoms with Gasteiger partial charge in [0.15, 0.2) is 5.76 Å². The number of nitrogens with zero attached hydrogens (tertiary/aromatic N) is 2. The van der Waals surface area contributed by atoms with Crippen molar-refractivity contribution in [2.45, 2.75) is 13.3 Å². The first-order valence-electron chi connectivity index (χ1n) is 9.20. The van der Waals surface area contributed by atoms with Gasteiger partial charge in [-0.25, -0.2) is 0 Å². The number of carbonyl (C=O) groups is 2. The van der Waals surface area contributed by atoms with E-state index in [1.165, 1.54) is 6.26 Å². The Kier molecular flexibility index (Phi) is 6.30. The molecule has 3 rings (SSSR count). The second-order valence-electron chi connectivity index (χ2n) is 6.31. The Hall–Kier alpha value is -3.02. The average Bonchev–Trinajstić information content (AvgIpc) is 3.25. The molecule has 2 heterocycles. The largest absolute Gasteiger partial charge is 0.493 e. The summed E-state index contributed by atoms with van der Waals surface area (Å²) in [5, 5.41) is 0. The van der Waals surface area contributed by atoms with Crippen LogP contribution in [-0.4, -0.2) is 54.4 Å². The topological polar surface area (TPSA) is 63.0 Å². The van der Waals surface area contributed by atoms with Crippen LogP contribution in [0.4, 0.5) is 0 Å². The van der Waals surface area contributed by atoms with E-state index in [2.05, 4.69) is 6.92 Å². The van der Waals surface area contributed by atoms with Crippen molar-refractivity contribution in [3.63, 3.8) is 0 Å². The van der Waals surface area contributed by atoms with E-state index >= 15 is 0 Å².